The number of ether oxygens (including phenoxy) is 1. The molecule has 0 saturated carbocycles. The van der Waals surface area contributed by atoms with E-state index >= 15 is 0 Å². The van der Waals surface area contributed by atoms with E-state index in [1.54, 1.807) is 0 Å². The molecule has 3 N–H and O–H groups in total. The van der Waals surface area contributed by atoms with Gasteiger partial charge in [-0.25, -0.2) is 0 Å². The van der Waals surface area contributed by atoms with Crippen LogP contribution in [0.15, 0.2) is 24.3 Å². The highest BCUT2D eigenvalue weighted by Crippen LogP contribution is 2.19. The van der Waals surface area contributed by atoms with E-state index in [-0.39, 0.29) is 0 Å². The molecular weight excluding hydrogens is 188 g/mol. The fourth-order valence-electron chi connectivity index (χ4n) is 1.94. The van der Waals surface area contributed by atoms with Gasteiger partial charge < -0.3 is 15.8 Å². The first-order valence-corrected chi connectivity index (χ1v) is 5.48. The van der Waals surface area contributed by atoms with E-state index in [9.17, 15) is 0 Å². The molecule has 3 heteroatoms. The number of hydrogen-bond donors (Lipinski definition) is 2. The normalized spacial score (nSPS) is 26.2. The third-order valence-corrected chi connectivity index (χ3v) is 2.77. The lowest BCUT2D eigenvalue weighted by Gasteiger charge is -2.28. The van der Waals surface area contributed by atoms with Crippen molar-refractivity contribution in [3.05, 3.63) is 24.3 Å². The summed E-state index contributed by atoms with van der Waals surface area (Å²) in [6.45, 7) is 2.98. The van der Waals surface area contributed by atoms with Gasteiger partial charge in [0, 0.05) is 24.0 Å². The molecule has 2 unspecified atom stereocenters. The summed E-state index contributed by atoms with van der Waals surface area (Å²) in [7, 11) is 0. The molecule has 2 rings (SSSR count). The van der Waals surface area contributed by atoms with Gasteiger partial charge in [0.05, 0.1) is 6.10 Å². The molecule has 0 aromatic heterocycles. The maximum Gasteiger partial charge on any atom is 0.0566 e. The first-order chi connectivity index (χ1) is 7.24. The SMILES string of the molecule is CC1CC(Nc2ccc(N)cc2)CCO1. The Kier molecular flexibility index (Phi) is 3.11. The van der Waals surface area contributed by atoms with Gasteiger partial charge in [0.15, 0.2) is 0 Å². The number of rotatable bonds is 2. The largest absolute Gasteiger partial charge is 0.399 e. The molecule has 82 valence electrons. The van der Waals surface area contributed by atoms with Crippen LogP contribution in [-0.4, -0.2) is 18.8 Å². The fraction of sp³-hybridized carbons (Fsp3) is 0.500. The van der Waals surface area contributed by atoms with E-state index in [1.165, 1.54) is 0 Å². The van der Waals surface area contributed by atoms with Gasteiger partial charge >= 0.3 is 0 Å². The molecule has 3 nitrogen and oxygen atoms in total. The molecule has 1 saturated heterocycles. The third kappa shape index (κ3) is 2.86. The second-order valence-electron chi connectivity index (χ2n) is 4.17. The molecule has 15 heavy (non-hydrogen) atoms. The second-order valence-corrected chi connectivity index (χ2v) is 4.17. The number of benzene rings is 1. The van der Waals surface area contributed by atoms with Crippen molar-refractivity contribution in [3.63, 3.8) is 0 Å². The minimum atomic E-state index is 0.366. The summed E-state index contributed by atoms with van der Waals surface area (Å²) in [6, 6.07) is 8.42. The Morgan fingerprint density at radius 1 is 1.33 bits per heavy atom. The molecule has 0 spiro atoms. The summed E-state index contributed by atoms with van der Waals surface area (Å²) in [4.78, 5) is 0. The highest BCUT2D eigenvalue weighted by Gasteiger charge is 2.18. The van der Waals surface area contributed by atoms with E-state index in [1.807, 2.05) is 24.3 Å². The third-order valence-electron chi connectivity index (χ3n) is 2.77. The molecule has 0 amide bonds. The van der Waals surface area contributed by atoms with Crippen LogP contribution in [-0.2, 0) is 4.74 Å². The van der Waals surface area contributed by atoms with Crippen molar-refractivity contribution < 1.29 is 4.74 Å². The standard InChI is InChI=1S/C12H18N2O/c1-9-8-12(6-7-15-9)14-11-4-2-10(13)3-5-11/h2-5,9,12,14H,6-8,13H2,1H3. The monoisotopic (exact) mass is 206 g/mol. The van der Waals surface area contributed by atoms with E-state index in [4.69, 9.17) is 10.5 Å². The fourth-order valence-corrected chi connectivity index (χ4v) is 1.94. The zero-order chi connectivity index (χ0) is 10.7. The summed E-state index contributed by atoms with van der Waals surface area (Å²) in [5, 5.41) is 3.50. The van der Waals surface area contributed by atoms with Crippen LogP contribution in [0.1, 0.15) is 19.8 Å². The lowest BCUT2D eigenvalue weighted by Crippen LogP contribution is -2.32. The molecule has 0 aliphatic carbocycles. The predicted molar refractivity (Wildman–Crippen MR) is 62.9 cm³/mol. The van der Waals surface area contributed by atoms with Gasteiger partial charge in [0.2, 0.25) is 0 Å². The number of nitrogens with one attached hydrogen (secondary N) is 1. The van der Waals surface area contributed by atoms with Gasteiger partial charge in [-0.15, -0.1) is 0 Å². The van der Waals surface area contributed by atoms with Crippen molar-refractivity contribution in [2.45, 2.75) is 31.9 Å². The minimum Gasteiger partial charge on any atom is -0.399 e. The van der Waals surface area contributed by atoms with Crippen LogP contribution in [0.2, 0.25) is 0 Å². The van der Waals surface area contributed by atoms with Gasteiger partial charge in [-0.1, -0.05) is 0 Å². The Morgan fingerprint density at radius 3 is 2.73 bits per heavy atom. The Bertz CT molecular complexity index is 310. The Balaban J connectivity index is 1.93. The molecule has 0 bridgehead atoms. The molecule has 1 heterocycles. The summed E-state index contributed by atoms with van der Waals surface area (Å²) in [5.74, 6) is 0. The molecule has 1 aromatic carbocycles. The molecule has 0 radical (unpaired) electrons. The van der Waals surface area contributed by atoms with Gasteiger partial charge in [-0.2, -0.15) is 0 Å². The summed E-state index contributed by atoms with van der Waals surface area (Å²) >= 11 is 0. The second kappa shape index (κ2) is 4.53. The Hall–Kier alpha value is -1.22. The van der Waals surface area contributed by atoms with Crippen molar-refractivity contribution in [2.24, 2.45) is 0 Å². The molecular formula is C12H18N2O. The zero-order valence-electron chi connectivity index (χ0n) is 9.07. The highest BCUT2D eigenvalue weighted by molar-refractivity contribution is 5.51. The number of anilines is 2. The molecule has 1 aliphatic rings. The summed E-state index contributed by atoms with van der Waals surface area (Å²) in [6.07, 6.45) is 2.52. The highest BCUT2D eigenvalue weighted by atomic mass is 16.5. The van der Waals surface area contributed by atoms with Crippen molar-refractivity contribution in [2.75, 3.05) is 17.7 Å². The topological polar surface area (TPSA) is 47.3 Å². The first-order valence-electron chi connectivity index (χ1n) is 5.48. The van der Waals surface area contributed by atoms with Crippen LogP contribution < -0.4 is 11.1 Å². The summed E-state index contributed by atoms with van der Waals surface area (Å²) in [5.41, 5.74) is 7.58. The zero-order valence-corrected chi connectivity index (χ0v) is 9.07. The lowest BCUT2D eigenvalue weighted by atomic mass is 10.0. The van der Waals surface area contributed by atoms with Crippen LogP contribution in [0, 0.1) is 0 Å². The Labute approximate surface area is 90.6 Å². The molecule has 1 aliphatic heterocycles. The lowest BCUT2D eigenvalue weighted by molar-refractivity contribution is 0.0232. The number of nitrogen functional groups attached to an aromatic ring is 1. The molecule has 1 aromatic rings. The predicted octanol–water partition coefficient (Wildman–Crippen LogP) is 2.25. The average Bonchev–Trinajstić information content (AvgIpc) is 2.22. The van der Waals surface area contributed by atoms with E-state index in [0.29, 0.717) is 12.1 Å². The van der Waals surface area contributed by atoms with Gasteiger partial charge in [-0.05, 0) is 44.0 Å². The van der Waals surface area contributed by atoms with Crippen molar-refractivity contribution >= 4 is 11.4 Å². The van der Waals surface area contributed by atoms with Crippen LogP contribution in [0.3, 0.4) is 0 Å². The number of hydrogen-bond acceptors (Lipinski definition) is 3. The molecule has 1 fully saturated rings. The first kappa shape index (κ1) is 10.3. The molecule has 2 atom stereocenters. The smallest absolute Gasteiger partial charge is 0.0566 e. The van der Waals surface area contributed by atoms with Crippen LogP contribution >= 0.6 is 0 Å². The number of nitrogens with two attached hydrogens (primary N) is 1. The van der Waals surface area contributed by atoms with Crippen molar-refractivity contribution in [1.82, 2.24) is 0 Å². The quantitative estimate of drug-likeness (QED) is 0.730. The van der Waals surface area contributed by atoms with Crippen molar-refractivity contribution in [1.29, 1.82) is 0 Å². The maximum atomic E-state index is 5.63. The van der Waals surface area contributed by atoms with Gasteiger partial charge in [0.1, 0.15) is 0 Å². The Morgan fingerprint density at radius 2 is 2.07 bits per heavy atom. The van der Waals surface area contributed by atoms with Crippen molar-refractivity contribution in [3.8, 4) is 0 Å². The minimum absolute atomic E-state index is 0.366. The van der Waals surface area contributed by atoms with Crippen LogP contribution in [0.5, 0.6) is 0 Å². The van der Waals surface area contributed by atoms with E-state index < -0.39 is 0 Å². The van der Waals surface area contributed by atoms with Gasteiger partial charge in [0.25, 0.3) is 0 Å². The van der Waals surface area contributed by atoms with Crippen LogP contribution in [0.4, 0.5) is 11.4 Å². The van der Waals surface area contributed by atoms with Gasteiger partial charge in [-0.3, -0.25) is 0 Å². The summed E-state index contributed by atoms with van der Waals surface area (Å²) < 4.78 is 5.50. The maximum absolute atomic E-state index is 5.63. The van der Waals surface area contributed by atoms with E-state index in [2.05, 4.69) is 12.2 Å². The van der Waals surface area contributed by atoms with Crippen LogP contribution in [0.25, 0.3) is 0 Å². The average molecular weight is 206 g/mol. The van der Waals surface area contributed by atoms with E-state index in [0.717, 1.165) is 30.8 Å².